The molecule has 5 heteroatoms. The van der Waals surface area contributed by atoms with Crippen LogP contribution in [0.4, 0.5) is 0 Å². The molecule has 1 aromatic carbocycles. The second-order valence-corrected chi connectivity index (χ2v) is 6.45. The Kier molecular flexibility index (Phi) is 4.34. The summed E-state index contributed by atoms with van der Waals surface area (Å²) in [5.74, 6) is 0.772. The Morgan fingerprint density at radius 3 is 2.77 bits per heavy atom. The number of hydrogen-bond donors (Lipinski definition) is 2. The van der Waals surface area contributed by atoms with Crippen LogP contribution in [0.1, 0.15) is 15.6 Å². The fourth-order valence-corrected chi connectivity index (χ4v) is 3.09. The smallest absolute Gasteiger partial charge is 0.225 e. The van der Waals surface area contributed by atoms with Crippen molar-refractivity contribution in [1.82, 2.24) is 15.3 Å². The number of nitrogens with one attached hydrogen (secondary N) is 2. The van der Waals surface area contributed by atoms with Gasteiger partial charge in [0.2, 0.25) is 5.91 Å². The number of carbonyl (C=O) groups is 1. The lowest BCUT2D eigenvalue weighted by Crippen LogP contribution is -2.24. The van der Waals surface area contributed by atoms with E-state index in [1.807, 2.05) is 49.4 Å². The van der Waals surface area contributed by atoms with Crippen molar-refractivity contribution in [1.29, 1.82) is 0 Å². The third kappa shape index (κ3) is 3.62. The van der Waals surface area contributed by atoms with Gasteiger partial charge in [0.15, 0.2) is 0 Å². The number of hydrogen-bond acceptors (Lipinski definition) is 3. The molecule has 0 radical (unpaired) electrons. The van der Waals surface area contributed by atoms with Crippen LogP contribution in [0.15, 0.2) is 48.7 Å². The zero-order valence-electron chi connectivity index (χ0n) is 12.3. The fourth-order valence-electron chi connectivity index (χ4n) is 2.20. The van der Waals surface area contributed by atoms with E-state index in [9.17, 15) is 4.79 Å². The standard InChI is InChI=1S/C17H17N3OS/c1-12-7-8-14(22-12)9-17(21)19-11-16-18-10-15(20-16)13-5-3-2-4-6-13/h2-8,10H,9,11H2,1H3,(H,18,20)(H,19,21). The zero-order valence-corrected chi connectivity index (χ0v) is 13.1. The summed E-state index contributed by atoms with van der Waals surface area (Å²) in [5.41, 5.74) is 2.04. The number of amides is 1. The minimum absolute atomic E-state index is 0.0134. The normalized spacial score (nSPS) is 10.6. The zero-order chi connectivity index (χ0) is 15.4. The van der Waals surface area contributed by atoms with Crippen LogP contribution in [0.5, 0.6) is 0 Å². The van der Waals surface area contributed by atoms with Gasteiger partial charge in [-0.3, -0.25) is 4.79 Å². The Morgan fingerprint density at radius 1 is 1.23 bits per heavy atom. The molecule has 4 nitrogen and oxygen atoms in total. The van der Waals surface area contributed by atoms with Gasteiger partial charge in [-0.1, -0.05) is 30.3 Å². The molecule has 112 valence electrons. The van der Waals surface area contributed by atoms with Gasteiger partial charge < -0.3 is 10.3 Å². The van der Waals surface area contributed by atoms with Crippen LogP contribution in [-0.4, -0.2) is 15.9 Å². The van der Waals surface area contributed by atoms with Crippen molar-refractivity contribution in [2.45, 2.75) is 19.9 Å². The number of rotatable bonds is 5. The van der Waals surface area contributed by atoms with Gasteiger partial charge in [-0.2, -0.15) is 0 Å². The van der Waals surface area contributed by atoms with E-state index in [0.717, 1.165) is 22.0 Å². The van der Waals surface area contributed by atoms with Crippen molar-refractivity contribution >= 4 is 17.2 Å². The molecular weight excluding hydrogens is 294 g/mol. The lowest BCUT2D eigenvalue weighted by molar-refractivity contribution is -0.120. The average molecular weight is 311 g/mol. The largest absolute Gasteiger partial charge is 0.349 e. The first-order valence-electron chi connectivity index (χ1n) is 7.12. The highest BCUT2D eigenvalue weighted by Gasteiger charge is 2.07. The highest BCUT2D eigenvalue weighted by molar-refractivity contribution is 7.12. The van der Waals surface area contributed by atoms with Gasteiger partial charge in [0.1, 0.15) is 5.82 Å². The third-order valence-electron chi connectivity index (χ3n) is 3.30. The number of H-pyrrole nitrogens is 1. The summed E-state index contributed by atoms with van der Waals surface area (Å²) in [4.78, 5) is 21.8. The van der Waals surface area contributed by atoms with Gasteiger partial charge in [-0.05, 0) is 24.6 Å². The molecular formula is C17H17N3OS. The second kappa shape index (κ2) is 6.58. The topological polar surface area (TPSA) is 57.8 Å². The molecule has 0 aliphatic heterocycles. The van der Waals surface area contributed by atoms with Crippen LogP contribution in [-0.2, 0) is 17.8 Å². The molecule has 0 aliphatic rings. The number of aryl methyl sites for hydroxylation is 1. The van der Waals surface area contributed by atoms with Crippen molar-refractivity contribution < 1.29 is 4.79 Å². The van der Waals surface area contributed by atoms with E-state index in [1.165, 1.54) is 4.88 Å². The Balaban J connectivity index is 1.56. The molecule has 0 saturated carbocycles. The van der Waals surface area contributed by atoms with Crippen LogP contribution in [0.3, 0.4) is 0 Å². The summed E-state index contributed by atoms with van der Waals surface area (Å²) in [6.45, 7) is 2.45. The monoisotopic (exact) mass is 311 g/mol. The molecule has 3 rings (SSSR count). The van der Waals surface area contributed by atoms with Crippen molar-refractivity contribution in [2.24, 2.45) is 0 Å². The third-order valence-corrected chi connectivity index (χ3v) is 4.30. The predicted molar refractivity (Wildman–Crippen MR) is 88.6 cm³/mol. The maximum absolute atomic E-state index is 11.9. The first-order valence-corrected chi connectivity index (χ1v) is 7.93. The van der Waals surface area contributed by atoms with Gasteiger partial charge >= 0.3 is 0 Å². The number of aromatic amines is 1. The van der Waals surface area contributed by atoms with Crippen molar-refractivity contribution in [3.05, 3.63) is 64.2 Å². The van der Waals surface area contributed by atoms with E-state index in [-0.39, 0.29) is 5.91 Å². The molecule has 1 amide bonds. The molecule has 0 bridgehead atoms. The van der Waals surface area contributed by atoms with E-state index >= 15 is 0 Å². The molecule has 0 unspecified atom stereocenters. The van der Waals surface area contributed by atoms with Crippen molar-refractivity contribution in [3.63, 3.8) is 0 Å². The summed E-state index contributed by atoms with van der Waals surface area (Å²) in [6.07, 6.45) is 2.21. The van der Waals surface area contributed by atoms with E-state index < -0.39 is 0 Å². The summed E-state index contributed by atoms with van der Waals surface area (Å²) in [5, 5.41) is 2.90. The van der Waals surface area contributed by atoms with Crippen molar-refractivity contribution in [2.75, 3.05) is 0 Å². The van der Waals surface area contributed by atoms with Crippen LogP contribution in [0.2, 0.25) is 0 Å². The lowest BCUT2D eigenvalue weighted by Gasteiger charge is -2.02. The quantitative estimate of drug-likeness (QED) is 0.759. The molecule has 0 saturated heterocycles. The average Bonchev–Trinajstić information content (AvgIpc) is 3.15. The van der Waals surface area contributed by atoms with Gasteiger partial charge in [0.05, 0.1) is 24.9 Å². The van der Waals surface area contributed by atoms with E-state index in [1.54, 1.807) is 17.5 Å². The van der Waals surface area contributed by atoms with Crippen LogP contribution in [0, 0.1) is 6.92 Å². The molecule has 22 heavy (non-hydrogen) atoms. The summed E-state index contributed by atoms with van der Waals surface area (Å²) in [7, 11) is 0. The van der Waals surface area contributed by atoms with E-state index in [0.29, 0.717) is 13.0 Å². The number of nitrogens with zero attached hydrogens (tertiary/aromatic N) is 1. The predicted octanol–water partition coefficient (Wildman–Crippen LogP) is 3.31. The first-order chi connectivity index (χ1) is 10.7. The number of thiophene rings is 1. The Labute approximate surface area is 133 Å². The second-order valence-electron chi connectivity index (χ2n) is 5.08. The van der Waals surface area contributed by atoms with Crippen molar-refractivity contribution in [3.8, 4) is 11.3 Å². The number of imidazole rings is 1. The lowest BCUT2D eigenvalue weighted by atomic mass is 10.2. The number of benzene rings is 1. The van der Waals surface area contributed by atoms with Gasteiger partial charge in [0.25, 0.3) is 0 Å². The Hall–Kier alpha value is -2.40. The van der Waals surface area contributed by atoms with E-state index in [4.69, 9.17) is 0 Å². The molecule has 0 aliphatic carbocycles. The number of carbonyl (C=O) groups excluding carboxylic acids is 1. The summed E-state index contributed by atoms with van der Waals surface area (Å²) >= 11 is 1.65. The molecule has 0 fully saturated rings. The molecule has 2 heterocycles. The Bertz CT molecular complexity index is 761. The first kappa shape index (κ1) is 14.5. The fraction of sp³-hybridized carbons (Fsp3) is 0.176. The molecule has 0 atom stereocenters. The summed E-state index contributed by atoms with van der Waals surface area (Å²) < 4.78 is 0. The maximum Gasteiger partial charge on any atom is 0.225 e. The molecule has 3 aromatic rings. The maximum atomic E-state index is 11.9. The van der Waals surface area contributed by atoms with Crippen LogP contribution >= 0.6 is 11.3 Å². The number of aromatic nitrogens is 2. The van der Waals surface area contributed by atoms with Gasteiger partial charge in [-0.25, -0.2) is 4.98 Å². The minimum atomic E-state index is 0.0134. The Morgan fingerprint density at radius 2 is 2.05 bits per heavy atom. The van der Waals surface area contributed by atoms with E-state index in [2.05, 4.69) is 15.3 Å². The molecule has 2 aromatic heterocycles. The SMILES string of the molecule is Cc1ccc(CC(=O)NCc2ncc(-c3ccccc3)[nH]2)s1. The van der Waals surface area contributed by atoms with Crippen LogP contribution in [0.25, 0.3) is 11.3 Å². The van der Waals surface area contributed by atoms with Gasteiger partial charge in [-0.15, -0.1) is 11.3 Å². The molecule has 2 N–H and O–H groups in total. The van der Waals surface area contributed by atoms with Gasteiger partial charge in [0, 0.05) is 9.75 Å². The minimum Gasteiger partial charge on any atom is -0.349 e. The summed E-state index contributed by atoms with van der Waals surface area (Å²) in [6, 6.07) is 14.0. The molecule has 0 spiro atoms. The highest BCUT2D eigenvalue weighted by Crippen LogP contribution is 2.17. The highest BCUT2D eigenvalue weighted by atomic mass is 32.1. The van der Waals surface area contributed by atoms with Crippen LogP contribution < -0.4 is 5.32 Å².